The lowest BCUT2D eigenvalue weighted by molar-refractivity contribution is -0.151. The van der Waals surface area contributed by atoms with Gasteiger partial charge in [0.25, 0.3) is 0 Å². The molecule has 4 heteroatoms. The number of hydrogen-bond donors (Lipinski definition) is 1. The van der Waals surface area contributed by atoms with Crippen LogP contribution in [0.2, 0.25) is 0 Å². The molecule has 4 nitrogen and oxygen atoms in total. The SMILES string of the molecule is CC1(C)CCCN(C(=O)C2C3C=CC(C3)C2C(=O)O)CC1. The second-order valence-electron chi connectivity index (χ2n) is 7.68. The summed E-state index contributed by atoms with van der Waals surface area (Å²) in [6, 6.07) is 0. The number of fused-ring (bicyclic) bond motifs is 2. The van der Waals surface area contributed by atoms with Crippen LogP contribution in [-0.2, 0) is 9.59 Å². The molecule has 0 radical (unpaired) electrons. The molecule has 0 aromatic heterocycles. The molecule has 1 aliphatic heterocycles. The summed E-state index contributed by atoms with van der Waals surface area (Å²) >= 11 is 0. The first kappa shape index (κ1) is 14.6. The number of nitrogens with zero attached hydrogens (tertiary/aromatic N) is 1. The quantitative estimate of drug-likeness (QED) is 0.795. The summed E-state index contributed by atoms with van der Waals surface area (Å²) in [4.78, 5) is 26.4. The van der Waals surface area contributed by atoms with Gasteiger partial charge in [-0.2, -0.15) is 0 Å². The summed E-state index contributed by atoms with van der Waals surface area (Å²) in [5.41, 5.74) is 0.288. The molecule has 2 aliphatic carbocycles. The van der Waals surface area contributed by atoms with Gasteiger partial charge in [-0.3, -0.25) is 9.59 Å². The van der Waals surface area contributed by atoms with Gasteiger partial charge in [0.05, 0.1) is 11.8 Å². The minimum atomic E-state index is -0.805. The van der Waals surface area contributed by atoms with Crippen LogP contribution in [0.4, 0.5) is 0 Å². The van der Waals surface area contributed by atoms with Crippen LogP contribution in [0, 0.1) is 29.1 Å². The third kappa shape index (κ3) is 2.60. The molecule has 0 spiro atoms. The predicted octanol–water partition coefficient (Wildman–Crippen LogP) is 2.55. The van der Waals surface area contributed by atoms with Crippen molar-refractivity contribution >= 4 is 11.9 Å². The van der Waals surface area contributed by atoms with Gasteiger partial charge in [0.1, 0.15) is 0 Å². The Hall–Kier alpha value is -1.32. The number of carbonyl (C=O) groups excluding carboxylic acids is 1. The second kappa shape index (κ2) is 5.15. The van der Waals surface area contributed by atoms with Crippen LogP contribution in [0.25, 0.3) is 0 Å². The Labute approximate surface area is 126 Å². The van der Waals surface area contributed by atoms with E-state index >= 15 is 0 Å². The molecule has 1 amide bonds. The average molecular weight is 291 g/mol. The lowest BCUT2D eigenvalue weighted by atomic mass is 9.82. The van der Waals surface area contributed by atoms with E-state index in [0.29, 0.717) is 0 Å². The van der Waals surface area contributed by atoms with Gasteiger partial charge in [0.15, 0.2) is 0 Å². The van der Waals surface area contributed by atoms with Crippen LogP contribution < -0.4 is 0 Å². The maximum Gasteiger partial charge on any atom is 0.307 e. The van der Waals surface area contributed by atoms with Crippen molar-refractivity contribution in [1.82, 2.24) is 4.90 Å². The fourth-order valence-corrected chi connectivity index (χ4v) is 4.35. The molecule has 0 aromatic rings. The van der Waals surface area contributed by atoms with E-state index in [0.717, 1.165) is 38.8 Å². The van der Waals surface area contributed by atoms with E-state index in [4.69, 9.17) is 0 Å². The smallest absolute Gasteiger partial charge is 0.307 e. The van der Waals surface area contributed by atoms with Crippen molar-refractivity contribution in [2.45, 2.75) is 39.5 Å². The average Bonchev–Trinajstić information content (AvgIpc) is 2.97. The molecule has 2 fully saturated rings. The number of allylic oxidation sites excluding steroid dienone is 2. The summed E-state index contributed by atoms with van der Waals surface area (Å²) in [5.74, 6) is -1.37. The van der Waals surface area contributed by atoms with E-state index in [1.165, 1.54) is 0 Å². The molecule has 1 heterocycles. The van der Waals surface area contributed by atoms with Gasteiger partial charge in [-0.05, 0) is 42.9 Å². The van der Waals surface area contributed by atoms with Gasteiger partial charge in [-0.25, -0.2) is 0 Å². The third-order valence-corrected chi connectivity index (χ3v) is 5.68. The number of likely N-dealkylation sites (tertiary alicyclic amines) is 1. The van der Waals surface area contributed by atoms with Crippen LogP contribution in [0.3, 0.4) is 0 Å². The van der Waals surface area contributed by atoms with E-state index in [1.807, 2.05) is 11.0 Å². The number of carbonyl (C=O) groups is 2. The van der Waals surface area contributed by atoms with E-state index in [9.17, 15) is 14.7 Å². The van der Waals surface area contributed by atoms with Crippen LogP contribution in [0.15, 0.2) is 12.2 Å². The zero-order valence-corrected chi connectivity index (χ0v) is 12.9. The Bertz CT molecular complexity index is 482. The topological polar surface area (TPSA) is 57.6 Å². The molecule has 0 aromatic carbocycles. The van der Waals surface area contributed by atoms with Gasteiger partial charge in [-0.15, -0.1) is 0 Å². The van der Waals surface area contributed by atoms with E-state index in [2.05, 4.69) is 19.9 Å². The number of rotatable bonds is 2. The van der Waals surface area contributed by atoms with Crippen molar-refractivity contribution in [2.24, 2.45) is 29.1 Å². The molecule has 1 N–H and O–H groups in total. The van der Waals surface area contributed by atoms with E-state index < -0.39 is 11.9 Å². The van der Waals surface area contributed by atoms with Crippen molar-refractivity contribution in [1.29, 1.82) is 0 Å². The molecule has 2 bridgehead atoms. The molecule has 21 heavy (non-hydrogen) atoms. The number of carboxylic acids is 1. The highest BCUT2D eigenvalue weighted by atomic mass is 16.4. The second-order valence-corrected chi connectivity index (χ2v) is 7.68. The largest absolute Gasteiger partial charge is 0.481 e. The highest BCUT2D eigenvalue weighted by molar-refractivity contribution is 5.87. The minimum Gasteiger partial charge on any atom is -0.481 e. The van der Waals surface area contributed by atoms with Crippen LogP contribution in [0.1, 0.15) is 39.5 Å². The number of amides is 1. The normalized spacial score (nSPS) is 37.5. The zero-order valence-electron chi connectivity index (χ0n) is 12.9. The van der Waals surface area contributed by atoms with Gasteiger partial charge < -0.3 is 10.0 Å². The summed E-state index contributed by atoms with van der Waals surface area (Å²) in [6.45, 7) is 6.06. The first-order valence-corrected chi connectivity index (χ1v) is 8.09. The predicted molar refractivity (Wildman–Crippen MR) is 79.6 cm³/mol. The Balaban J connectivity index is 1.75. The summed E-state index contributed by atoms with van der Waals surface area (Å²) < 4.78 is 0. The molecular weight excluding hydrogens is 266 g/mol. The molecule has 3 rings (SSSR count). The number of aliphatic carboxylic acids is 1. The number of hydrogen-bond acceptors (Lipinski definition) is 2. The van der Waals surface area contributed by atoms with Crippen molar-refractivity contribution in [3.63, 3.8) is 0 Å². The minimum absolute atomic E-state index is 0.0601. The lowest BCUT2D eigenvalue weighted by Crippen LogP contribution is -2.43. The Morgan fingerprint density at radius 2 is 1.76 bits per heavy atom. The maximum absolute atomic E-state index is 12.9. The molecule has 116 valence electrons. The van der Waals surface area contributed by atoms with Gasteiger partial charge in [0, 0.05) is 13.1 Å². The molecule has 1 saturated carbocycles. The van der Waals surface area contributed by atoms with Crippen molar-refractivity contribution in [3.05, 3.63) is 12.2 Å². The molecule has 4 atom stereocenters. The van der Waals surface area contributed by atoms with Gasteiger partial charge >= 0.3 is 5.97 Å². The standard InChI is InChI=1S/C17H25NO3/c1-17(2)6-3-8-18(9-7-17)15(19)13-11-4-5-12(10-11)14(13)16(20)21/h4-5,11-14H,3,6-10H2,1-2H3,(H,20,21). The molecule has 1 saturated heterocycles. The van der Waals surface area contributed by atoms with Gasteiger partial charge in [0.2, 0.25) is 5.91 Å². The first-order valence-electron chi connectivity index (χ1n) is 8.09. The summed E-state index contributed by atoms with van der Waals surface area (Å²) in [5, 5.41) is 9.49. The van der Waals surface area contributed by atoms with Crippen molar-refractivity contribution < 1.29 is 14.7 Å². The van der Waals surface area contributed by atoms with Crippen LogP contribution in [0.5, 0.6) is 0 Å². The van der Waals surface area contributed by atoms with Crippen LogP contribution in [-0.4, -0.2) is 35.0 Å². The molecule has 4 unspecified atom stereocenters. The Morgan fingerprint density at radius 1 is 1.10 bits per heavy atom. The Morgan fingerprint density at radius 3 is 2.43 bits per heavy atom. The fourth-order valence-electron chi connectivity index (χ4n) is 4.35. The van der Waals surface area contributed by atoms with Gasteiger partial charge in [-0.1, -0.05) is 26.0 Å². The summed E-state index contributed by atoms with van der Waals surface area (Å²) in [7, 11) is 0. The summed E-state index contributed by atoms with van der Waals surface area (Å²) in [6.07, 6.45) is 8.07. The lowest BCUT2D eigenvalue weighted by Gasteiger charge is -2.30. The van der Waals surface area contributed by atoms with Crippen molar-refractivity contribution in [3.8, 4) is 0 Å². The number of carboxylic acid groups (broad SMARTS) is 1. The molecular formula is C17H25NO3. The van der Waals surface area contributed by atoms with E-state index in [1.54, 1.807) is 0 Å². The maximum atomic E-state index is 12.9. The first-order chi connectivity index (χ1) is 9.89. The third-order valence-electron chi connectivity index (χ3n) is 5.68. The fraction of sp³-hybridized carbons (Fsp3) is 0.765. The zero-order chi connectivity index (χ0) is 15.2. The molecule has 3 aliphatic rings. The van der Waals surface area contributed by atoms with Crippen LogP contribution >= 0.6 is 0 Å². The van der Waals surface area contributed by atoms with E-state index in [-0.39, 0.29) is 29.1 Å². The monoisotopic (exact) mass is 291 g/mol. The Kier molecular flexibility index (Phi) is 3.58. The van der Waals surface area contributed by atoms with Crippen molar-refractivity contribution in [2.75, 3.05) is 13.1 Å². The highest BCUT2D eigenvalue weighted by Gasteiger charge is 2.52. The highest BCUT2D eigenvalue weighted by Crippen LogP contribution is 2.49.